The summed E-state index contributed by atoms with van der Waals surface area (Å²) in [7, 11) is -3.63. The zero-order valence-electron chi connectivity index (χ0n) is 14.5. The van der Waals surface area contributed by atoms with Crippen molar-refractivity contribution in [1.82, 2.24) is 25.1 Å². The third-order valence-corrected chi connectivity index (χ3v) is 6.95. The lowest BCUT2D eigenvalue weighted by molar-refractivity contribution is -0.126. The van der Waals surface area contributed by atoms with Gasteiger partial charge in [-0.25, -0.2) is 8.42 Å². The normalized spacial score (nSPS) is 24.7. The van der Waals surface area contributed by atoms with Crippen molar-refractivity contribution in [2.24, 2.45) is 5.92 Å². The number of hydrogen-bond acceptors (Lipinski definition) is 5. The van der Waals surface area contributed by atoms with Crippen LogP contribution in [0.1, 0.15) is 30.7 Å². The molecule has 0 bridgehead atoms. The predicted molar refractivity (Wildman–Crippen MR) is 96.2 cm³/mol. The molecule has 0 radical (unpaired) electrons. The van der Waals surface area contributed by atoms with Crippen LogP contribution in [0.15, 0.2) is 4.90 Å². The van der Waals surface area contributed by atoms with E-state index in [9.17, 15) is 13.2 Å². The van der Waals surface area contributed by atoms with E-state index in [0.717, 1.165) is 25.9 Å². The van der Waals surface area contributed by atoms with Gasteiger partial charge < -0.3 is 10.6 Å². The molecule has 3 N–H and O–H groups in total. The molecule has 0 aliphatic carbocycles. The number of aromatic nitrogens is 2. The van der Waals surface area contributed by atoms with Crippen molar-refractivity contribution in [2.45, 2.75) is 44.0 Å². The van der Waals surface area contributed by atoms with Gasteiger partial charge in [0.25, 0.3) is 0 Å². The average Bonchev–Trinajstić information content (AvgIpc) is 3.17. The Hall–Kier alpha value is -1.16. The first-order valence-electron chi connectivity index (χ1n) is 8.42. The number of amides is 1. The topological polar surface area (TPSA) is 107 Å². The van der Waals surface area contributed by atoms with Crippen molar-refractivity contribution in [3.63, 3.8) is 0 Å². The van der Waals surface area contributed by atoms with Crippen LogP contribution in [-0.2, 0) is 14.8 Å². The second-order valence-corrected chi connectivity index (χ2v) is 8.54. The zero-order valence-corrected chi connectivity index (χ0v) is 16.2. The Bertz CT molecular complexity index is 695. The van der Waals surface area contributed by atoms with Crippen LogP contribution in [0.25, 0.3) is 0 Å². The van der Waals surface area contributed by atoms with E-state index >= 15 is 0 Å². The van der Waals surface area contributed by atoms with Gasteiger partial charge in [-0.3, -0.25) is 9.89 Å². The first-order chi connectivity index (χ1) is 11.4. The Balaban J connectivity index is 0.00000225. The number of carbonyl (C=O) groups excluding carboxylic acids is 1. The van der Waals surface area contributed by atoms with E-state index in [-0.39, 0.29) is 41.7 Å². The quantitative estimate of drug-likeness (QED) is 0.685. The molecule has 2 aliphatic rings. The number of hydrogen-bond donors (Lipinski definition) is 3. The highest BCUT2D eigenvalue weighted by Crippen LogP contribution is 2.27. The predicted octanol–water partition coefficient (Wildman–Crippen LogP) is 0.327. The maximum Gasteiger partial charge on any atom is 0.246 e. The molecule has 2 atom stereocenters. The SMILES string of the molecule is Cc1n[nH]c(C)c1S(=O)(=O)N1CCCC(C(=O)NC2CCNC2)C1.Cl. The van der Waals surface area contributed by atoms with Crippen molar-refractivity contribution < 1.29 is 13.2 Å². The number of nitrogens with one attached hydrogen (secondary N) is 3. The standard InChI is InChI=1S/C15H25N5O3S.ClH/c1-10-14(11(2)19-18-10)24(22,23)20-7-3-4-12(9-20)15(21)17-13-5-6-16-8-13;/h12-13,16H,3-9H2,1-2H3,(H,17,21)(H,18,19);1H. The molecule has 2 aliphatic heterocycles. The number of H-pyrrole nitrogens is 1. The fraction of sp³-hybridized carbons (Fsp3) is 0.733. The maximum atomic E-state index is 12.9. The molecular formula is C15H26ClN5O3S. The number of nitrogens with zero attached hydrogens (tertiary/aromatic N) is 2. The molecule has 1 aromatic rings. The number of rotatable bonds is 4. The van der Waals surface area contributed by atoms with Gasteiger partial charge in [-0.15, -0.1) is 12.4 Å². The van der Waals surface area contributed by atoms with Gasteiger partial charge in [-0.05, 0) is 39.7 Å². The van der Waals surface area contributed by atoms with Crippen LogP contribution in [0.2, 0.25) is 0 Å². The second-order valence-electron chi connectivity index (χ2n) is 6.66. The van der Waals surface area contributed by atoms with E-state index in [1.807, 2.05) is 0 Å². The van der Waals surface area contributed by atoms with E-state index in [4.69, 9.17) is 0 Å². The summed E-state index contributed by atoms with van der Waals surface area (Å²) in [6.07, 6.45) is 2.34. The van der Waals surface area contributed by atoms with Crippen LogP contribution < -0.4 is 10.6 Å². The summed E-state index contributed by atoms with van der Waals surface area (Å²) in [5, 5.41) is 13.0. The molecule has 0 aromatic carbocycles. The fourth-order valence-corrected chi connectivity index (χ4v) is 5.38. The molecule has 2 fully saturated rings. The van der Waals surface area contributed by atoms with E-state index in [2.05, 4.69) is 20.8 Å². The summed E-state index contributed by atoms with van der Waals surface area (Å²) in [6.45, 7) is 5.76. The summed E-state index contributed by atoms with van der Waals surface area (Å²) in [4.78, 5) is 12.7. The third-order valence-electron chi connectivity index (χ3n) is 4.82. The zero-order chi connectivity index (χ0) is 17.3. The fourth-order valence-electron chi connectivity index (χ4n) is 3.52. The van der Waals surface area contributed by atoms with Gasteiger partial charge in [0.1, 0.15) is 4.90 Å². The van der Waals surface area contributed by atoms with Crippen LogP contribution in [0.4, 0.5) is 0 Å². The third kappa shape index (κ3) is 4.16. The lowest BCUT2D eigenvalue weighted by atomic mass is 9.98. The number of carbonyl (C=O) groups is 1. The van der Waals surface area contributed by atoms with Gasteiger partial charge in [0.15, 0.2) is 0 Å². The van der Waals surface area contributed by atoms with Crippen molar-refractivity contribution in [3.05, 3.63) is 11.4 Å². The van der Waals surface area contributed by atoms with Gasteiger partial charge in [-0.2, -0.15) is 9.40 Å². The maximum absolute atomic E-state index is 12.9. The highest BCUT2D eigenvalue weighted by molar-refractivity contribution is 7.89. The second kappa shape index (κ2) is 8.03. The summed E-state index contributed by atoms with van der Waals surface area (Å²) < 4.78 is 27.3. The lowest BCUT2D eigenvalue weighted by Gasteiger charge is -2.31. The van der Waals surface area contributed by atoms with Gasteiger partial charge in [0.05, 0.1) is 17.3 Å². The Morgan fingerprint density at radius 1 is 1.32 bits per heavy atom. The molecule has 10 heteroatoms. The van der Waals surface area contributed by atoms with Crippen molar-refractivity contribution in [1.29, 1.82) is 0 Å². The van der Waals surface area contributed by atoms with E-state index in [1.54, 1.807) is 13.8 Å². The number of aromatic amines is 1. The minimum absolute atomic E-state index is 0. The van der Waals surface area contributed by atoms with Crippen molar-refractivity contribution in [2.75, 3.05) is 26.2 Å². The molecular weight excluding hydrogens is 366 g/mol. The van der Waals surface area contributed by atoms with E-state index < -0.39 is 10.0 Å². The highest BCUT2D eigenvalue weighted by Gasteiger charge is 2.36. The van der Waals surface area contributed by atoms with E-state index in [1.165, 1.54) is 4.31 Å². The molecule has 25 heavy (non-hydrogen) atoms. The molecule has 8 nitrogen and oxygen atoms in total. The first kappa shape index (κ1) is 20.2. The number of sulfonamides is 1. The van der Waals surface area contributed by atoms with Crippen LogP contribution in [0.3, 0.4) is 0 Å². The van der Waals surface area contributed by atoms with Gasteiger partial charge in [0, 0.05) is 25.7 Å². The summed E-state index contributed by atoms with van der Waals surface area (Å²) in [6, 6.07) is 0.155. The molecule has 2 saturated heterocycles. The summed E-state index contributed by atoms with van der Waals surface area (Å²) in [5.74, 6) is -0.328. The van der Waals surface area contributed by atoms with Crippen LogP contribution in [-0.4, -0.2) is 61.0 Å². The molecule has 1 amide bonds. The van der Waals surface area contributed by atoms with Gasteiger partial charge >= 0.3 is 0 Å². The Labute approximate surface area is 154 Å². The smallest absolute Gasteiger partial charge is 0.246 e. The first-order valence-corrected chi connectivity index (χ1v) is 9.86. The lowest BCUT2D eigenvalue weighted by Crippen LogP contribution is -2.48. The van der Waals surface area contributed by atoms with Crippen molar-refractivity contribution in [3.8, 4) is 0 Å². The van der Waals surface area contributed by atoms with Crippen LogP contribution in [0, 0.1) is 19.8 Å². The van der Waals surface area contributed by atoms with Gasteiger partial charge in [-0.1, -0.05) is 0 Å². The average molecular weight is 392 g/mol. The molecule has 1 aromatic heterocycles. The Morgan fingerprint density at radius 2 is 2.08 bits per heavy atom. The summed E-state index contributed by atoms with van der Waals surface area (Å²) in [5.41, 5.74) is 1.01. The van der Waals surface area contributed by atoms with Crippen LogP contribution >= 0.6 is 12.4 Å². The molecule has 0 spiro atoms. The van der Waals surface area contributed by atoms with E-state index in [0.29, 0.717) is 24.4 Å². The molecule has 2 unspecified atom stereocenters. The molecule has 142 valence electrons. The number of piperidine rings is 1. The molecule has 3 heterocycles. The largest absolute Gasteiger partial charge is 0.352 e. The number of halogens is 1. The van der Waals surface area contributed by atoms with Crippen molar-refractivity contribution >= 4 is 28.3 Å². The molecule has 3 rings (SSSR count). The van der Waals surface area contributed by atoms with Gasteiger partial charge in [0.2, 0.25) is 15.9 Å². The Kier molecular flexibility index (Phi) is 6.47. The minimum Gasteiger partial charge on any atom is -0.352 e. The minimum atomic E-state index is -3.63. The number of aryl methyl sites for hydroxylation is 2. The molecule has 0 saturated carbocycles. The monoisotopic (exact) mass is 391 g/mol. The Morgan fingerprint density at radius 3 is 2.68 bits per heavy atom. The van der Waals surface area contributed by atoms with Crippen LogP contribution in [0.5, 0.6) is 0 Å². The highest BCUT2D eigenvalue weighted by atomic mass is 35.5. The summed E-state index contributed by atoms with van der Waals surface area (Å²) >= 11 is 0.